The van der Waals surface area contributed by atoms with Gasteiger partial charge in [-0.2, -0.15) is 4.58 Å². The van der Waals surface area contributed by atoms with Crippen LogP contribution in [0.15, 0.2) is 82.9 Å². The minimum absolute atomic E-state index is 0.0141. The molecule has 0 spiro atoms. The molecule has 5 rings (SSSR count). The van der Waals surface area contributed by atoms with Gasteiger partial charge in [0.15, 0.2) is 5.71 Å². The molecule has 0 saturated heterocycles. The highest BCUT2D eigenvalue weighted by Crippen LogP contribution is 2.46. The molecule has 0 radical (unpaired) electrons. The first-order chi connectivity index (χ1) is 16.1. The van der Waals surface area contributed by atoms with E-state index in [2.05, 4.69) is 118 Å². The Balaban J connectivity index is 1.36. The summed E-state index contributed by atoms with van der Waals surface area (Å²) in [6.45, 7) is 9.35. The first-order valence-corrected chi connectivity index (χ1v) is 12.8. The summed E-state index contributed by atoms with van der Waals surface area (Å²) in [5.41, 5.74) is 9.45. The number of halogens is 1. The highest BCUT2D eigenvalue weighted by molar-refractivity contribution is 6.33. The van der Waals surface area contributed by atoms with E-state index in [9.17, 15) is 0 Å². The molecule has 2 heterocycles. The third-order valence-electron chi connectivity index (χ3n) is 8.48. The van der Waals surface area contributed by atoms with Crippen molar-refractivity contribution in [1.29, 1.82) is 0 Å². The Kier molecular flexibility index (Phi) is 5.64. The van der Waals surface area contributed by atoms with Gasteiger partial charge in [-0.15, -0.1) is 0 Å². The number of nitrogens with zero attached hydrogens (tertiary/aromatic N) is 2. The first-order valence-electron chi connectivity index (χ1n) is 12.4. The summed E-state index contributed by atoms with van der Waals surface area (Å²) >= 11 is 6.93. The van der Waals surface area contributed by atoms with Gasteiger partial charge in [0.05, 0.1) is 5.41 Å². The van der Waals surface area contributed by atoms with E-state index >= 15 is 0 Å². The third kappa shape index (κ3) is 3.50. The van der Waals surface area contributed by atoms with Gasteiger partial charge in [0.1, 0.15) is 7.05 Å². The average Bonchev–Trinajstić information content (AvgIpc) is 3.33. The van der Waals surface area contributed by atoms with Crippen LogP contribution in [0.5, 0.6) is 0 Å². The molecule has 0 N–H and O–H groups in total. The van der Waals surface area contributed by atoms with Crippen LogP contribution >= 0.6 is 11.6 Å². The predicted octanol–water partition coefficient (Wildman–Crippen LogP) is 7.65. The summed E-state index contributed by atoms with van der Waals surface area (Å²) in [4.78, 5) is 2.45. The molecule has 2 aliphatic heterocycles. The number of anilines is 1. The number of hydrogen-bond acceptors (Lipinski definition) is 1. The van der Waals surface area contributed by atoms with E-state index in [-0.39, 0.29) is 10.8 Å². The molecule has 0 saturated carbocycles. The monoisotopic (exact) mass is 471 g/mol. The van der Waals surface area contributed by atoms with Gasteiger partial charge in [0, 0.05) is 46.9 Å². The molecule has 2 aromatic rings. The average molecular weight is 472 g/mol. The van der Waals surface area contributed by atoms with Gasteiger partial charge < -0.3 is 4.90 Å². The molecule has 2 nitrogen and oxygen atoms in total. The van der Waals surface area contributed by atoms with Crippen LogP contribution in [-0.2, 0) is 10.8 Å². The molecule has 3 aliphatic rings. The number of rotatable bonds is 4. The molecule has 0 aromatic heterocycles. The van der Waals surface area contributed by atoms with Crippen LogP contribution in [0.3, 0.4) is 0 Å². The highest BCUT2D eigenvalue weighted by Gasteiger charge is 2.43. The Morgan fingerprint density at radius 1 is 0.971 bits per heavy atom. The standard InChI is InChI=1S/C31H36ClN2/c1-30(2)23-11-7-9-13-25(23)33(5)27(30)19-17-21-15-16-22(29(21)32)18-20-28-31(3,4)24-12-8-10-14-26(24)34(28)6/h7-14,17-19,28H,15-16,20H2,1-6H3/q+1/b19-17+,22-18+. The molecular formula is C31H36ClN2+. The normalized spacial score (nSPS) is 24.0. The van der Waals surface area contributed by atoms with Gasteiger partial charge in [-0.25, -0.2) is 0 Å². The summed E-state index contributed by atoms with van der Waals surface area (Å²) in [6, 6.07) is 18.0. The zero-order chi connectivity index (χ0) is 24.3. The fraction of sp³-hybridized carbons (Fsp3) is 0.387. The number of hydrogen-bond donors (Lipinski definition) is 0. The van der Waals surface area contributed by atoms with Crippen LogP contribution < -0.4 is 4.90 Å². The Labute approximate surface area is 210 Å². The largest absolute Gasteiger partial charge is 0.370 e. The van der Waals surface area contributed by atoms with Crippen molar-refractivity contribution in [2.24, 2.45) is 0 Å². The number of fused-ring (bicyclic) bond motifs is 2. The van der Waals surface area contributed by atoms with Crippen LogP contribution in [0, 0.1) is 0 Å². The van der Waals surface area contributed by atoms with E-state index in [0.29, 0.717) is 6.04 Å². The van der Waals surface area contributed by atoms with Crippen molar-refractivity contribution < 1.29 is 4.58 Å². The van der Waals surface area contributed by atoms with E-state index in [4.69, 9.17) is 11.6 Å². The predicted molar refractivity (Wildman–Crippen MR) is 146 cm³/mol. The summed E-state index contributed by atoms with van der Waals surface area (Å²) < 4.78 is 2.32. The SMILES string of the molecule is CN1c2ccccc2C(C)(C)C1C/C=C1\CCC(/C=C/C2=[N+](C)c3ccccc3C2(C)C)=C1Cl. The summed E-state index contributed by atoms with van der Waals surface area (Å²) in [6.07, 6.45) is 9.97. The van der Waals surface area contributed by atoms with E-state index in [1.807, 2.05) is 0 Å². The summed E-state index contributed by atoms with van der Waals surface area (Å²) in [5.74, 6) is 0. The molecule has 34 heavy (non-hydrogen) atoms. The lowest BCUT2D eigenvalue weighted by atomic mass is 9.79. The minimum Gasteiger partial charge on any atom is -0.370 e. The van der Waals surface area contributed by atoms with E-state index in [0.717, 1.165) is 24.3 Å². The molecule has 0 fully saturated rings. The van der Waals surface area contributed by atoms with Crippen LogP contribution in [0.25, 0.3) is 0 Å². The molecule has 3 heteroatoms. The second kappa shape index (κ2) is 8.27. The first kappa shape index (κ1) is 23.2. The quantitative estimate of drug-likeness (QED) is 0.415. The van der Waals surface area contributed by atoms with Gasteiger partial charge in [-0.1, -0.05) is 74.0 Å². The Morgan fingerprint density at radius 3 is 2.35 bits per heavy atom. The third-order valence-corrected chi connectivity index (χ3v) is 8.96. The maximum atomic E-state index is 6.93. The number of para-hydroxylation sites is 2. The second-order valence-corrected chi connectivity index (χ2v) is 11.5. The topological polar surface area (TPSA) is 6.25 Å². The van der Waals surface area contributed by atoms with E-state index < -0.39 is 0 Å². The van der Waals surface area contributed by atoms with Crippen LogP contribution in [0.4, 0.5) is 11.4 Å². The van der Waals surface area contributed by atoms with Crippen molar-refractivity contribution >= 4 is 28.7 Å². The van der Waals surface area contributed by atoms with Gasteiger partial charge >= 0.3 is 0 Å². The van der Waals surface area contributed by atoms with Gasteiger partial charge in [0.2, 0.25) is 5.69 Å². The lowest BCUT2D eigenvalue weighted by Crippen LogP contribution is -2.38. The van der Waals surface area contributed by atoms with Crippen LogP contribution in [-0.4, -0.2) is 30.4 Å². The molecule has 2 aromatic carbocycles. The zero-order valence-electron chi connectivity index (χ0n) is 21.3. The zero-order valence-corrected chi connectivity index (χ0v) is 22.1. The maximum Gasteiger partial charge on any atom is 0.209 e. The Bertz CT molecular complexity index is 1270. The van der Waals surface area contributed by atoms with Crippen molar-refractivity contribution in [1.82, 2.24) is 0 Å². The number of allylic oxidation sites excluding steroid dienone is 5. The summed E-state index contributed by atoms with van der Waals surface area (Å²) in [5, 5.41) is 0.948. The smallest absolute Gasteiger partial charge is 0.209 e. The van der Waals surface area contributed by atoms with Crippen molar-refractivity contribution in [3.63, 3.8) is 0 Å². The highest BCUT2D eigenvalue weighted by atomic mass is 35.5. The Morgan fingerprint density at radius 2 is 1.65 bits per heavy atom. The lowest BCUT2D eigenvalue weighted by molar-refractivity contribution is -0.401. The minimum atomic E-state index is -0.0141. The molecule has 1 aliphatic carbocycles. The van der Waals surface area contributed by atoms with E-state index in [1.165, 1.54) is 39.4 Å². The van der Waals surface area contributed by atoms with Crippen molar-refractivity contribution in [2.45, 2.75) is 63.8 Å². The van der Waals surface area contributed by atoms with Crippen molar-refractivity contribution in [3.05, 3.63) is 94.1 Å². The van der Waals surface area contributed by atoms with E-state index in [1.54, 1.807) is 0 Å². The fourth-order valence-corrected chi connectivity index (χ4v) is 6.72. The lowest BCUT2D eigenvalue weighted by Gasteiger charge is -2.31. The number of likely N-dealkylation sites (N-methyl/N-ethyl adjacent to an activating group) is 1. The molecule has 0 amide bonds. The van der Waals surface area contributed by atoms with Crippen LogP contribution in [0.2, 0.25) is 0 Å². The molecular weight excluding hydrogens is 436 g/mol. The van der Waals surface area contributed by atoms with Gasteiger partial charge in [-0.05, 0) is 55.9 Å². The van der Waals surface area contributed by atoms with Crippen LogP contribution in [0.1, 0.15) is 58.1 Å². The fourth-order valence-electron chi connectivity index (χ4n) is 6.39. The Hall–Kier alpha value is -2.58. The molecule has 1 unspecified atom stereocenters. The number of benzene rings is 2. The maximum absolute atomic E-state index is 6.93. The van der Waals surface area contributed by atoms with Gasteiger partial charge in [0.25, 0.3) is 0 Å². The summed E-state index contributed by atoms with van der Waals surface area (Å²) in [7, 11) is 4.40. The molecule has 176 valence electrons. The second-order valence-electron chi connectivity index (χ2n) is 11.1. The molecule has 0 bridgehead atoms. The van der Waals surface area contributed by atoms with Crippen molar-refractivity contribution in [3.8, 4) is 0 Å². The molecule has 1 atom stereocenters. The van der Waals surface area contributed by atoms with Crippen molar-refractivity contribution in [2.75, 3.05) is 19.0 Å². The van der Waals surface area contributed by atoms with Gasteiger partial charge in [-0.3, -0.25) is 0 Å².